The normalized spacial score (nSPS) is 11.1. The van der Waals surface area contributed by atoms with Crippen LogP contribution < -0.4 is 10.7 Å². The first-order chi connectivity index (χ1) is 13.9. The second-order valence-electron chi connectivity index (χ2n) is 6.55. The molecule has 0 radical (unpaired) electrons. The molecule has 5 nitrogen and oxygen atoms in total. The van der Waals surface area contributed by atoms with Crippen LogP contribution in [0.3, 0.4) is 0 Å². The molecule has 0 unspecified atom stereocenters. The van der Waals surface area contributed by atoms with E-state index in [0.717, 1.165) is 11.1 Å². The molecule has 0 saturated heterocycles. The molecule has 3 aromatic carbocycles. The van der Waals surface area contributed by atoms with E-state index in [0.29, 0.717) is 27.5 Å². The largest absolute Gasteiger partial charge is 0.322 e. The molecule has 29 heavy (non-hydrogen) atoms. The number of carbonyl (C=O) groups is 2. The molecule has 0 aliphatic rings. The highest BCUT2D eigenvalue weighted by molar-refractivity contribution is 6.30. The van der Waals surface area contributed by atoms with Crippen LogP contribution in [0.1, 0.15) is 38.8 Å². The van der Waals surface area contributed by atoms with Gasteiger partial charge in [-0.2, -0.15) is 5.10 Å². The Morgan fingerprint density at radius 2 is 1.52 bits per heavy atom. The maximum atomic E-state index is 12.4. The molecule has 3 rings (SSSR count). The number of anilines is 1. The Bertz CT molecular complexity index is 1080. The molecule has 2 N–H and O–H groups in total. The lowest BCUT2D eigenvalue weighted by molar-refractivity contribution is 0.0954. The fourth-order valence-electron chi connectivity index (χ4n) is 2.68. The molecule has 0 atom stereocenters. The highest BCUT2D eigenvalue weighted by atomic mass is 35.5. The first kappa shape index (κ1) is 20.3. The van der Waals surface area contributed by atoms with E-state index in [1.807, 2.05) is 31.2 Å². The number of nitrogens with zero attached hydrogens (tertiary/aromatic N) is 1. The van der Waals surface area contributed by atoms with Crippen molar-refractivity contribution in [2.24, 2.45) is 5.10 Å². The summed E-state index contributed by atoms with van der Waals surface area (Å²) in [6, 6.07) is 21.2. The van der Waals surface area contributed by atoms with Crippen molar-refractivity contribution in [1.29, 1.82) is 0 Å². The van der Waals surface area contributed by atoms with Crippen molar-refractivity contribution >= 4 is 34.8 Å². The van der Waals surface area contributed by atoms with Crippen LogP contribution in [0.25, 0.3) is 0 Å². The second kappa shape index (κ2) is 9.17. The van der Waals surface area contributed by atoms with Gasteiger partial charge in [0.2, 0.25) is 0 Å². The summed E-state index contributed by atoms with van der Waals surface area (Å²) >= 11 is 5.86. The van der Waals surface area contributed by atoms with Crippen molar-refractivity contribution in [2.75, 3.05) is 5.32 Å². The number of halogens is 1. The summed E-state index contributed by atoms with van der Waals surface area (Å²) in [5, 5.41) is 7.60. The molecule has 2 amide bonds. The number of carbonyl (C=O) groups excluding carboxylic acids is 2. The van der Waals surface area contributed by atoms with E-state index in [1.165, 1.54) is 0 Å². The predicted octanol–water partition coefficient (Wildman–Crippen LogP) is 5.05. The van der Waals surface area contributed by atoms with Crippen LogP contribution in [-0.2, 0) is 0 Å². The van der Waals surface area contributed by atoms with Gasteiger partial charge in [-0.1, -0.05) is 41.4 Å². The summed E-state index contributed by atoms with van der Waals surface area (Å²) in [6.45, 7) is 3.71. The Morgan fingerprint density at radius 3 is 2.24 bits per heavy atom. The highest BCUT2D eigenvalue weighted by Gasteiger charge is 2.08. The van der Waals surface area contributed by atoms with Crippen LogP contribution in [0.2, 0.25) is 5.02 Å². The van der Waals surface area contributed by atoms with Gasteiger partial charge in [0.1, 0.15) is 0 Å². The summed E-state index contributed by atoms with van der Waals surface area (Å²) in [7, 11) is 0. The van der Waals surface area contributed by atoms with Gasteiger partial charge in [0.15, 0.2) is 0 Å². The molecule has 0 spiro atoms. The number of aryl methyl sites for hydroxylation is 1. The second-order valence-corrected chi connectivity index (χ2v) is 6.99. The van der Waals surface area contributed by atoms with Gasteiger partial charge in [0.05, 0.1) is 5.71 Å². The van der Waals surface area contributed by atoms with Crippen molar-refractivity contribution in [3.63, 3.8) is 0 Å². The summed E-state index contributed by atoms with van der Waals surface area (Å²) in [6.07, 6.45) is 0. The molecule has 0 fully saturated rings. The Labute approximate surface area is 174 Å². The molecule has 146 valence electrons. The van der Waals surface area contributed by atoms with Crippen LogP contribution in [-0.4, -0.2) is 17.5 Å². The van der Waals surface area contributed by atoms with Crippen LogP contribution in [0.15, 0.2) is 77.9 Å². The molecule has 0 aliphatic carbocycles. The first-order valence-corrected chi connectivity index (χ1v) is 9.39. The lowest BCUT2D eigenvalue weighted by Crippen LogP contribution is -2.19. The van der Waals surface area contributed by atoms with Crippen molar-refractivity contribution < 1.29 is 9.59 Å². The third kappa shape index (κ3) is 5.53. The minimum absolute atomic E-state index is 0.235. The Morgan fingerprint density at radius 1 is 0.828 bits per heavy atom. The van der Waals surface area contributed by atoms with Gasteiger partial charge in [-0.3, -0.25) is 9.59 Å². The lowest BCUT2D eigenvalue weighted by atomic mass is 10.1. The zero-order chi connectivity index (χ0) is 20.8. The topological polar surface area (TPSA) is 70.6 Å². The Balaban J connectivity index is 1.69. The average molecular weight is 406 g/mol. The van der Waals surface area contributed by atoms with E-state index in [9.17, 15) is 9.59 Å². The highest BCUT2D eigenvalue weighted by Crippen LogP contribution is 2.15. The molecule has 6 heteroatoms. The molecule has 0 bridgehead atoms. The quantitative estimate of drug-likeness (QED) is 0.460. The van der Waals surface area contributed by atoms with E-state index < -0.39 is 0 Å². The third-order valence-electron chi connectivity index (χ3n) is 4.25. The number of hydrogen-bond donors (Lipinski definition) is 2. The SMILES string of the molecule is C/C(=N\NC(=O)c1cccc(C)c1)c1cccc(NC(=O)c2ccc(Cl)cc2)c1. The molecule has 0 heterocycles. The van der Waals surface area contributed by atoms with Crippen LogP contribution in [0.4, 0.5) is 5.69 Å². The zero-order valence-corrected chi connectivity index (χ0v) is 16.8. The fourth-order valence-corrected chi connectivity index (χ4v) is 2.80. The number of nitrogens with one attached hydrogen (secondary N) is 2. The van der Waals surface area contributed by atoms with Crippen molar-refractivity contribution in [2.45, 2.75) is 13.8 Å². The number of amides is 2. The lowest BCUT2D eigenvalue weighted by Gasteiger charge is -2.08. The van der Waals surface area contributed by atoms with Crippen molar-refractivity contribution in [1.82, 2.24) is 5.43 Å². The zero-order valence-electron chi connectivity index (χ0n) is 16.1. The van der Waals surface area contributed by atoms with Gasteiger partial charge in [-0.05, 0) is 67.9 Å². The first-order valence-electron chi connectivity index (χ1n) is 9.01. The number of benzene rings is 3. The summed E-state index contributed by atoms with van der Waals surface area (Å²) in [5.41, 5.74) is 6.65. The maximum absolute atomic E-state index is 12.4. The molecule has 0 aliphatic heterocycles. The molecule has 0 saturated carbocycles. The van der Waals surface area contributed by atoms with E-state index >= 15 is 0 Å². The number of rotatable bonds is 5. The van der Waals surface area contributed by atoms with Gasteiger partial charge in [-0.25, -0.2) is 5.43 Å². The smallest absolute Gasteiger partial charge is 0.271 e. The standard InChI is InChI=1S/C23H20ClN3O2/c1-15-5-3-7-19(13-15)23(29)27-26-16(2)18-6-4-8-21(14-18)25-22(28)17-9-11-20(24)12-10-17/h3-14H,1-2H3,(H,25,28)(H,27,29)/b26-16+. The summed E-state index contributed by atoms with van der Waals surface area (Å²) in [5.74, 6) is -0.513. The van der Waals surface area contributed by atoms with Crippen molar-refractivity contribution in [3.05, 3.63) is 100 Å². The van der Waals surface area contributed by atoms with Gasteiger partial charge in [0.25, 0.3) is 11.8 Å². The minimum atomic E-state index is -0.278. The molecular formula is C23H20ClN3O2. The van der Waals surface area contributed by atoms with E-state index in [-0.39, 0.29) is 11.8 Å². The summed E-state index contributed by atoms with van der Waals surface area (Å²) in [4.78, 5) is 24.6. The van der Waals surface area contributed by atoms with Gasteiger partial charge in [0, 0.05) is 21.8 Å². The summed E-state index contributed by atoms with van der Waals surface area (Å²) < 4.78 is 0. The van der Waals surface area contributed by atoms with Gasteiger partial charge >= 0.3 is 0 Å². The van der Waals surface area contributed by atoms with Crippen LogP contribution >= 0.6 is 11.6 Å². The van der Waals surface area contributed by atoms with Crippen LogP contribution in [0.5, 0.6) is 0 Å². The van der Waals surface area contributed by atoms with E-state index in [4.69, 9.17) is 11.6 Å². The third-order valence-corrected chi connectivity index (χ3v) is 4.50. The van der Waals surface area contributed by atoms with Crippen LogP contribution in [0, 0.1) is 6.92 Å². The monoisotopic (exact) mass is 405 g/mol. The fraction of sp³-hybridized carbons (Fsp3) is 0.0870. The minimum Gasteiger partial charge on any atom is -0.322 e. The van der Waals surface area contributed by atoms with E-state index in [2.05, 4.69) is 15.8 Å². The van der Waals surface area contributed by atoms with Crippen molar-refractivity contribution in [3.8, 4) is 0 Å². The number of hydrazone groups is 1. The average Bonchev–Trinajstić information content (AvgIpc) is 2.72. The Hall–Kier alpha value is -3.44. The molecule has 3 aromatic rings. The maximum Gasteiger partial charge on any atom is 0.271 e. The molecule has 0 aromatic heterocycles. The number of hydrogen-bond acceptors (Lipinski definition) is 3. The van der Waals surface area contributed by atoms with E-state index in [1.54, 1.807) is 55.5 Å². The predicted molar refractivity (Wildman–Crippen MR) is 117 cm³/mol. The van der Waals surface area contributed by atoms with Gasteiger partial charge < -0.3 is 5.32 Å². The Kier molecular flexibility index (Phi) is 6.42. The molecular weight excluding hydrogens is 386 g/mol. The van der Waals surface area contributed by atoms with Gasteiger partial charge in [-0.15, -0.1) is 0 Å².